The van der Waals surface area contributed by atoms with Gasteiger partial charge in [0.05, 0.1) is 16.3 Å². The van der Waals surface area contributed by atoms with E-state index in [1.807, 2.05) is 0 Å². The highest BCUT2D eigenvalue weighted by Crippen LogP contribution is 2.38. The Kier molecular flexibility index (Phi) is 6.36. The van der Waals surface area contributed by atoms with Gasteiger partial charge in [0.15, 0.2) is 6.10 Å². The van der Waals surface area contributed by atoms with Gasteiger partial charge in [-0.2, -0.15) is 0 Å². The van der Waals surface area contributed by atoms with Gasteiger partial charge in [-0.1, -0.05) is 23.7 Å². The normalized spacial score (nSPS) is 14.0. The van der Waals surface area contributed by atoms with E-state index in [0.29, 0.717) is 21.3 Å². The lowest BCUT2D eigenvalue weighted by molar-refractivity contribution is -0.123. The van der Waals surface area contributed by atoms with E-state index in [1.165, 1.54) is 25.2 Å². The van der Waals surface area contributed by atoms with Gasteiger partial charge in [0.2, 0.25) is 5.91 Å². The Labute approximate surface area is 172 Å². The summed E-state index contributed by atoms with van der Waals surface area (Å²) in [6, 6.07) is 6.82. The molecule has 2 N–H and O–H groups in total. The van der Waals surface area contributed by atoms with Crippen molar-refractivity contribution in [3.05, 3.63) is 45.3 Å². The lowest BCUT2D eigenvalue weighted by atomic mass is 9.95. The Hall–Kier alpha value is -2.38. The van der Waals surface area contributed by atoms with Gasteiger partial charge >= 0.3 is 5.97 Å². The van der Waals surface area contributed by atoms with Crippen LogP contribution in [0, 0.1) is 0 Å². The zero-order chi connectivity index (χ0) is 20.3. The second-order valence-electron chi connectivity index (χ2n) is 6.61. The molecule has 0 spiro atoms. The molecule has 1 aliphatic carbocycles. The maximum absolute atomic E-state index is 12.8. The van der Waals surface area contributed by atoms with Gasteiger partial charge < -0.3 is 15.4 Å². The largest absolute Gasteiger partial charge is 0.449 e. The van der Waals surface area contributed by atoms with Crippen LogP contribution in [-0.2, 0) is 27.2 Å². The number of esters is 1. The third kappa shape index (κ3) is 4.54. The SMILES string of the molecule is CC(=O)Nc1sc2c(c1C(=O)OC(C)C(=O)Nc1ccccc1Cl)CCCC2. The molecule has 1 aliphatic rings. The number of hydrogen-bond donors (Lipinski definition) is 2. The van der Waals surface area contributed by atoms with Crippen LogP contribution in [0.25, 0.3) is 0 Å². The molecule has 1 unspecified atom stereocenters. The summed E-state index contributed by atoms with van der Waals surface area (Å²) in [6.07, 6.45) is 2.65. The van der Waals surface area contributed by atoms with Crippen molar-refractivity contribution in [2.24, 2.45) is 0 Å². The topological polar surface area (TPSA) is 84.5 Å². The number of thiophene rings is 1. The van der Waals surface area contributed by atoms with Crippen molar-refractivity contribution < 1.29 is 19.1 Å². The molecule has 0 fully saturated rings. The molecule has 1 aromatic carbocycles. The first-order chi connectivity index (χ1) is 13.4. The zero-order valence-corrected chi connectivity index (χ0v) is 17.2. The van der Waals surface area contributed by atoms with E-state index in [2.05, 4.69) is 10.6 Å². The average Bonchev–Trinajstić information content (AvgIpc) is 3.00. The molecule has 0 bridgehead atoms. The van der Waals surface area contributed by atoms with Gasteiger partial charge in [-0.15, -0.1) is 11.3 Å². The highest BCUT2D eigenvalue weighted by Gasteiger charge is 2.29. The van der Waals surface area contributed by atoms with Crippen molar-refractivity contribution in [2.75, 3.05) is 10.6 Å². The molecule has 1 heterocycles. The molecule has 2 aromatic rings. The summed E-state index contributed by atoms with van der Waals surface area (Å²) in [5.41, 5.74) is 1.74. The fourth-order valence-corrected chi connectivity index (χ4v) is 4.61. The quantitative estimate of drug-likeness (QED) is 0.701. The summed E-state index contributed by atoms with van der Waals surface area (Å²) in [5.74, 6) is -1.34. The first-order valence-electron chi connectivity index (χ1n) is 9.05. The fraction of sp³-hybridized carbons (Fsp3) is 0.350. The molecule has 0 saturated heterocycles. The summed E-state index contributed by atoms with van der Waals surface area (Å²) in [6.45, 7) is 2.90. The third-order valence-electron chi connectivity index (χ3n) is 4.45. The van der Waals surface area contributed by atoms with Crippen LogP contribution in [-0.4, -0.2) is 23.9 Å². The third-order valence-corrected chi connectivity index (χ3v) is 5.99. The van der Waals surface area contributed by atoms with Gasteiger partial charge in [0.25, 0.3) is 5.91 Å². The molecule has 1 atom stereocenters. The summed E-state index contributed by atoms with van der Waals surface area (Å²) >= 11 is 7.46. The second-order valence-corrected chi connectivity index (χ2v) is 8.13. The lowest BCUT2D eigenvalue weighted by Gasteiger charge is -2.16. The van der Waals surface area contributed by atoms with Crippen molar-refractivity contribution in [1.82, 2.24) is 0 Å². The number of fused-ring (bicyclic) bond motifs is 1. The second kappa shape index (κ2) is 8.75. The minimum Gasteiger partial charge on any atom is -0.449 e. The number of carbonyl (C=O) groups is 3. The van der Waals surface area contributed by atoms with Crippen molar-refractivity contribution in [3.8, 4) is 0 Å². The molecule has 0 radical (unpaired) electrons. The number of carbonyl (C=O) groups excluding carboxylic acids is 3. The van der Waals surface area contributed by atoms with E-state index < -0.39 is 18.0 Å². The smallest absolute Gasteiger partial charge is 0.342 e. The highest BCUT2D eigenvalue weighted by molar-refractivity contribution is 7.17. The van der Waals surface area contributed by atoms with Crippen LogP contribution in [0.1, 0.15) is 47.5 Å². The van der Waals surface area contributed by atoms with Crippen molar-refractivity contribution in [3.63, 3.8) is 0 Å². The highest BCUT2D eigenvalue weighted by atomic mass is 35.5. The molecule has 28 heavy (non-hydrogen) atoms. The van der Waals surface area contributed by atoms with Gasteiger partial charge in [0.1, 0.15) is 5.00 Å². The molecule has 8 heteroatoms. The Morgan fingerprint density at radius 3 is 2.57 bits per heavy atom. The average molecular weight is 421 g/mol. The summed E-state index contributed by atoms with van der Waals surface area (Å²) in [5, 5.41) is 6.26. The van der Waals surface area contributed by atoms with Crippen LogP contribution in [0.5, 0.6) is 0 Å². The standard InChI is InChI=1S/C20H21ClN2O4S/c1-11(18(25)23-15-9-5-4-8-14(15)21)27-20(26)17-13-7-3-6-10-16(13)28-19(17)22-12(2)24/h4-5,8-9,11H,3,6-7,10H2,1-2H3,(H,22,24)(H,23,25). The van der Waals surface area contributed by atoms with Crippen LogP contribution >= 0.6 is 22.9 Å². The van der Waals surface area contributed by atoms with Crippen LogP contribution in [0.4, 0.5) is 10.7 Å². The number of para-hydroxylation sites is 1. The lowest BCUT2D eigenvalue weighted by Crippen LogP contribution is -2.30. The molecule has 6 nitrogen and oxygen atoms in total. The predicted octanol–water partition coefficient (Wildman–Crippen LogP) is 4.42. The van der Waals surface area contributed by atoms with E-state index in [4.69, 9.17) is 16.3 Å². The van der Waals surface area contributed by atoms with Crippen LogP contribution in [0.2, 0.25) is 5.02 Å². The summed E-state index contributed by atoms with van der Waals surface area (Å²) in [7, 11) is 0. The van der Waals surface area contributed by atoms with Crippen molar-refractivity contribution in [1.29, 1.82) is 0 Å². The predicted molar refractivity (Wildman–Crippen MR) is 110 cm³/mol. The van der Waals surface area contributed by atoms with Gasteiger partial charge in [-0.25, -0.2) is 4.79 Å². The summed E-state index contributed by atoms with van der Waals surface area (Å²) in [4.78, 5) is 37.9. The maximum Gasteiger partial charge on any atom is 0.342 e. The number of rotatable bonds is 5. The van der Waals surface area contributed by atoms with Crippen molar-refractivity contribution in [2.45, 2.75) is 45.6 Å². The van der Waals surface area contributed by atoms with E-state index in [1.54, 1.807) is 24.3 Å². The molecular formula is C20H21ClN2O4S. The van der Waals surface area contributed by atoms with Gasteiger partial charge in [-0.3, -0.25) is 9.59 Å². The fourth-order valence-electron chi connectivity index (χ4n) is 3.10. The first-order valence-corrected chi connectivity index (χ1v) is 10.2. The Morgan fingerprint density at radius 1 is 1.14 bits per heavy atom. The van der Waals surface area contributed by atoms with E-state index in [0.717, 1.165) is 36.1 Å². The number of nitrogens with one attached hydrogen (secondary N) is 2. The van der Waals surface area contributed by atoms with E-state index in [-0.39, 0.29) is 5.91 Å². The van der Waals surface area contributed by atoms with E-state index >= 15 is 0 Å². The Balaban J connectivity index is 1.76. The monoisotopic (exact) mass is 420 g/mol. The molecule has 148 valence electrons. The van der Waals surface area contributed by atoms with Gasteiger partial charge in [-0.05, 0) is 50.3 Å². The number of hydrogen-bond acceptors (Lipinski definition) is 5. The molecule has 0 aliphatic heterocycles. The van der Waals surface area contributed by atoms with Crippen LogP contribution < -0.4 is 10.6 Å². The summed E-state index contributed by atoms with van der Waals surface area (Å²) < 4.78 is 5.42. The number of anilines is 2. The number of benzene rings is 1. The molecule has 1 aromatic heterocycles. The van der Waals surface area contributed by atoms with Crippen LogP contribution in [0.15, 0.2) is 24.3 Å². The van der Waals surface area contributed by atoms with Crippen molar-refractivity contribution >= 4 is 51.4 Å². The number of amides is 2. The Morgan fingerprint density at radius 2 is 1.86 bits per heavy atom. The zero-order valence-electron chi connectivity index (χ0n) is 15.6. The first kappa shape index (κ1) is 20.4. The number of ether oxygens (including phenoxy) is 1. The van der Waals surface area contributed by atoms with E-state index in [9.17, 15) is 14.4 Å². The van der Waals surface area contributed by atoms with Gasteiger partial charge in [0, 0.05) is 11.8 Å². The number of aryl methyl sites for hydroxylation is 1. The molecule has 3 rings (SSSR count). The molecular weight excluding hydrogens is 400 g/mol. The molecule has 2 amide bonds. The van der Waals surface area contributed by atoms with Crippen LogP contribution in [0.3, 0.4) is 0 Å². The minimum atomic E-state index is -1.02. The minimum absolute atomic E-state index is 0.253. The molecule has 0 saturated carbocycles. The Bertz CT molecular complexity index is 925. The maximum atomic E-state index is 12.8. The number of halogens is 1.